The summed E-state index contributed by atoms with van der Waals surface area (Å²) in [7, 11) is 0. The molecule has 3 atom stereocenters. The average Bonchev–Trinajstić information content (AvgIpc) is 2.78. The van der Waals surface area contributed by atoms with E-state index in [9.17, 15) is 4.39 Å². The Morgan fingerprint density at radius 1 is 1.31 bits per heavy atom. The summed E-state index contributed by atoms with van der Waals surface area (Å²) in [6.45, 7) is -0.0537. The number of halogens is 2. The van der Waals surface area contributed by atoms with Gasteiger partial charge in [0.25, 0.3) is 0 Å². The molecule has 0 unspecified atom stereocenters. The molecule has 0 radical (unpaired) electrons. The van der Waals surface area contributed by atoms with Crippen LogP contribution in [0.25, 0.3) is 0 Å². The lowest BCUT2D eigenvalue weighted by Crippen LogP contribution is -1.88. The summed E-state index contributed by atoms with van der Waals surface area (Å²) in [4.78, 5) is 0. The zero-order valence-electron chi connectivity index (χ0n) is 6.95. The van der Waals surface area contributed by atoms with Crippen molar-refractivity contribution in [1.29, 1.82) is 0 Å². The third-order valence-corrected chi connectivity index (χ3v) is 3.07. The molecule has 1 aliphatic carbocycles. The van der Waals surface area contributed by atoms with E-state index in [1.165, 1.54) is 0 Å². The SMILES string of the molecule is OC[C@H]1[C@H](F)[C@@H]1c1ccc(Br)cc1. The predicted molar refractivity (Wildman–Crippen MR) is 52.4 cm³/mol. The second-order valence-corrected chi connectivity index (χ2v) is 4.28. The number of hydrogen-bond acceptors (Lipinski definition) is 1. The molecule has 1 aliphatic rings. The average molecular weight is 245 g/mol. The standard InChI is InChI=1S/C10H10BrFO/c11-7-3-1-6(2-4-7)9-8(5-13)10(9)12/h1-4,8-10,13H,5H2/t8-,9-,10+/m1/s1. The molecule has 0 amide bonds. The lowest BCUT2D eigenvalue weighted by Gasteiger charge is -1.97. The number of rotatable bonds is 2. The van der Waals surface area contributed by atoms with E-state index in [0.717, 1.165) is 10.0 Å². The summed E-state index contributed by atoms with van der Waals surface area (Å²) in [6, 6.07) is 7.59. The number of aliphatic hydroxyl groups is 1. The summed E-state index contributed by atoms with van der Waals surface area (Å²) >= 11 is 3.32. The van der Waals surface area contributed by atoms with Crippen LogP contribution in [0.3, 0.4) is 0 Å². The van der Waals surface area contributed by atoms with Crippen LogP contribution >= 0.6 is 15.9 Å². The Balaban J connectivity index is 2.15. The Morgan fingerprint density at radius 3 is 2.38 bits per heavy atom. The van der Waals surface area contributed by atoms with Gasteiger partial charge in [-0.25, -0.2) is 4.39 Å². The van der Waals surface area contributed by atoms with Gasteiger partial charge < -0.3 is 5.11 Å². The maximum atomic E-state index is 13.1. The van der Waals surface area contributed by atoms with Crippen molar-refractivity contribution in [3.05, 3.63) is 34.3 Å². The molecule has 13 heavy (non-hydrogen) atoms. The fraction of sp³-hybridized carbons (Fsp3) is 0.400. The third-order valence-electron chi connectivity index (χ3n) is 2.54. The summed E-state index contributed by atoms with van der Waals surface area (Å²) in [5.41, 5.74) is 0.981. The van der Waals surface area contributed by atoms with Crippen LogP contribution in [0.1, 0.15) is 11.5 Å². The van der Waals surface area contributed by atoms with Crippen LogP contribution in [-0.2, 0) is 0 Å². The number of alkyl halides is 1. The normalized spacial score (nSPS) is 31.8. The molecule has 3 heteroatoms. The molecule has 1 N–H and O–H groups in total. The summed E-state index contributed by atoms with van der Waals surface area (Å²) in [6.07, 6.45) is -0.855. The van der Waals surface area contributed by atoms with E-state index in [1.54, 1.807) is 0 Å². The molecular formula is C10H10BrFO. The highest BCUT2D eigenvalue weighted by Crippen LogP contribution is 2.49. The van der Waals surface area contributed by atoms with Gasteiger partial charge in [0.05, 0.1) is 0 Å². The smallest absolute Gasteiger partial charge is 0.113 e. The third kappa shape index (κ3) is 1.63. The van der Waals surface area contributed by atoms with Crippen molar-refractivity contribution in [2.45, 2.75) is 12.1 Å². The Hall–Kier alpha value is -0.410. The molecule has 1 aromatic rings. The monoisotopic (exact) mass is 244 g/mol. The van der Waals surface area contributed by atoms with E-state index in [2.05, 4.69) is 15.9 Å². The van der Waals surface area contributed by atoms with Crippen molar-refractivity contribution in [3.8, 4) is 0 Å². The molecule has 1 nitrogen and oxygen atoms in total. The van der Waals surface area contributed by atoms with E-state index in [0.29, 0.717) is 0 Å². The first-order chi connectivity index (χ1) is 6.24. The molecule has 1 aromatic carbocycles. The van der Waals surface area contributed by atoms with Crippen molar-refractivity contribution in [2.75, 3.05) is 6.61 Å². The van der Waals surface area contributed by atoms with E-state index >= 15 is 0 Å². The van der Waals surface area contributed by atoms with Crippen LogP contribution in [0.5, 0.6) is 0 Å². The second kappa shape index (κ2) is 3.39. The number of aliphatic hydroxyl groups excluding tert-OH is 1. The fourth-order valence-electron chi connectivity index (χ4n) is 1.66. The fourth-order valence-corrected chi connectivity index (χ4v) is 1.93. The largest absolute Gasteiger partial charge is 0.396 e. The first kappa shape index (κ1) is 9.16. The van der Waals surface area contributed by atoms with Gasteiger partial charge in [0.2, 0.25) is 0 Å². The zero-order valence-corrected chi connectivity index (χ0v) is 8.54. The van der Waals surface area contributed by atoms with Crippen molar-refractivity contribution in [2.24, 2.45) is 5.92 Å². The van der Waals surface area contributed by atoms with E-state index in [4.69, 9.17) is 5.11 Å². The van der Waals surface area contributed by atoms with Crippen molar-refractivity contribution in [3.63, 3.8) is 0 Å². The molecular weight excluding hydrogens is 235 g/mol. The molecule has 2 rings (SSSR count). The van der Waals surface area contributed by atoms with Crippen molar-refractivity contribution >= 4 is 15.9 Å². The van der Waals surface area contributed by atoms with E-state index in [1.807, 2.05) is 24.3 Å². The molecule has 0 spiro atoms. The lowest BCUT2D eigenvalue weighted by atomic mass is 10.1. The highest BCUT2D eigenvalue weighted by Gasteiger charge is 2.51. The molecule has 0 saturated heterocycles. The second-order valence-electron chi connectivity index (χ2n) is 3.37. The van der Waals surface area contributed by atoms with Crippen molar-refractivity contribution in [1.82, 2.24) is 0 Å². The van der Waals surface area contributed by atoms with Gasteiger partial charge in [-0.1, -0.05) is 28.1 Å². The van der Waals surface area contributed by atoms with Crippen LogP contribution in [0.4, 0.5) is 4.39 Å². The molecule has 70 valence electrons. The first-order valence-corrected chi connectivity index (χ1v) is 5.03. The van der Waals surface area contributed by atoms with Crippen LogP contribution in [0.2, 0.25) is 0 Å². The minimum absolute atomic E-state index is 0.0537. The highest BCUT2D eigenvalue weighted by molar-refractivity contribution is 9.10. The molecule has 0 bridgehead atoms. The molecule has 0 aromatic heterocycles. The molecule has 1 saturated carbocycles. The Morgan fingerprint density at radius 2 is 1.92 bits per heavy atom. The van der Waals surface area contributed by atoms with Crippen molar-refractivity contribution < 1.29 is 9.50 Å². The van der Waals surface area contributed by atoms with Gasteiger partial charge in [0.1, 0.15) is 6.17 Å². The quantitative estimate of drug-likeness (QED) is 0.848. The number of hydrogen-bond donors (Lipinski definition) is 1. The highest BCUT2D eigenvalue weighted by atomic mass is 79.9. The topological polar surface area (TPSA) is 20.2 Å². The Bertz CT molecular complexity index is 298. The van der Waals surface area contributed by atoms with Gasteiger partial charge in [0.15, 0.2) is 0 Å². The van der Waals surface area contributed by atoms with Gasteiger partial charge in [-0.05, 0) is 17.7 Å². The van der Waals surface area contributed by atoms with Gasteiger partial charge in [-0.15, -0.1) is 0 Å². The van der Waals surface area contributed by atoms with Gasteiger partial charge in [-0.3, -0.25) is 0 Å². The lowest BCUT2D eigenvalue weighted by molar-refractivity contribution is 0.257. The minimum atomic E-state index is -0.855. The summed E-state index contributed by atoms with van der Waals surface area (Å²) in [5, 5.41) is 8.81. The van der Waals surface area contributed by atoms with Crippen LogP contribution in [0.15, 0.2) is 28.7 Å². The summed E-state index contributed by atoms with van der Waals surface area (Å²) in [5.74, 6) is -0.265. The maximum Gasteiger partial charge on any atom is 0.113 e. The van der Waals surface area contributed by atoms with E-state index in [-0.39, 0.29) is 18.4 Å². The van der Waals surface area contributed by atoms with E-state index < -0.39 is 6.17 Å². The van der Waals surface area contributed by atoms with Gasteiger partial charge >= 0.3 is 0 Å². The van der Waals surface area contributed by atoms with Gasteiger partial charge in [0, 0.05) is 22.9 Å². The molecule has 0 aliphatic heterocycles. The minimum Gasteiger partial charge on any atom is -0.396 e. The van der Waals surface area contributed by atoms with Crippen LogP contribution in [0, 0.1) is 5.92 Å². The predicted octanol–water partition coefficient (Wildman–Crippen LogP) is 2.49. The molecule has 0 heterocycles. The van der Waals surface area contributed by atoms with Gasteiger partial charge in [-0.2, -0.15) is 0 Å². The van der Waals surface area contributed by atoms with Crippen LogP contribution in [-0.4, -0.2) is 17.9 Å². The first-order valence-electron chi connectivity index (χ1n) is 4.24. The Kier molecular flexibility index (Phi) is 2.39. The zero-order chi connectivity index (χ0) is 9.42. The summed E-state index contributed by atoms with van der Waals surface area (Å²) < 4.78 is 14.0. The van der Waals surface area contributed by atoms with Crippen LogP contribution < -0.4 is 0 Å². The maximum absolute atomic E-state index is 13.1. The molecule has 1 fully saturated rings. The Labute approximate surface area is 84.7 Å². The number of benzene rings is 1.